The van der Waals surface area contributed by atoms with Crippen LogP contribution in [-0.4, -0.2) is 46.8 Å². The van der Waals surface area contributed by atoms with Crippen LogP contribution in [0.3, 0.4) is 0 Å². The SMILES string of the molecule is CC(O)CO.CCOCC(C)(O)CC. The highest BCUT2D eigenvalue weighted by molar-refractivity contribution is 4.68. The van der Waals surface area contributed by atoms with Crippen LogP contribution in [0.5, 0.6) is 0 Å². The van der Waals surface area contributed by atoms with E-state index in [1.807, 2.05) is 13.8 Å². The van der Waals surface area contributed by atoms with E-state index in [0.29, 0.717) is 13.2 Å². The predicted molar refractivity (Wildman–Crippen MR) is 56.2 cm³/mol. The van der Waals surface area contributed by atoms with Gasteiger partial charge in [0.2, 0.25) is 0 Å². The molecule has 0 aromatic heterocycles. The van der Waals surface area contributed by atoms with Gasteiger partial charge in [0.25, 0.3) is 0 Å². The van der Waals surface area contributed by atoms with Crippen molar-refractivity contribution in [2.75, 3.05) is 19.8 Å². The lowest BCUT2D eigenvalue weighted by Gasteiger charge is -2.19. The van der Waals surface area contributed by atoms with E-state index >= 15 is 0 Å². The van der Waals surface area contributed by atoms with Crippen molar-refractivity contribution in [3.63, 3.8) is 0 Å². The normalized spacial score (nSPS) is 16.5. The number of hydrogen-bond donors (Lipinski definition) is 3. The molecular weight excluding hydrogens is 184 g/mol. The second-order valence-corrected chi connectivity index (χ2v) is 3.52. The summed E-state index contributed by atoms with van der Waals surface area (Å²) in [5.74, 6) is 0. The molecule has 4 nitrogen and oxygen atoms in total. The molecule has 88 valence electrons. The van der Waals surface area contributed by atoms with Crippen molar-refractivity contribution in [3.8, 4) is 0 Å². The minimum atomic E-state index is -0.629. The van der Waals surface area contributed by atoms with Crippen LogP contribution in [-0.2, 0) is 4.74 Å². The summed E-state index contributed by atoms with van der Waals surface area (Å²) in [5.41, 5.74) is -0.629. The van der Waals surface area contributed by atoms with Crippen molar-refractivity contribution in [2.24, 2.45) is 0 Å². The summed E-state index contributed by atoms with van der Waals surface area (Å²) in [6, 6.07) is 0. The Balaban J connectivity index is 0. The van der Waals surface area contributed by atoms with Crippen LogP contribution in [0.1, 0.15) is 34.1 Å². The molecule has 0 amide bonds. The van der Waals surface area contributed by atoms with Crippen molar-refractivity contribution < 1.29 is 20.1 Å². The number of hydrogen-bond acceptors (Lipinski definition) is 4. The summed E-state index contributed by atoms with van der Waals surface area (Å²) in [6.45, 7) is 8.16. The molecule has 0 aromatic rings. The zero-order valence-electron chi connectivity index (χ0n) is 9.66. The summed E-state index contributed by atoms with van der Waals surface area (Å²) in [7, 11) is 0. The van der Waals surface area contributed by atoms with Gasteiger partial charge in [0.05, 0.1) is 24.9 Å². The Morgan fingerprint density at radius 1 is 1.36 bits per heavy atom. The van der Waals surface area contributed by atoms with E-state index in [-0.39, 0.29) is 6.61 Å². The second-order valence-electron chi connectivity index (χ2n) is 3.52. The maximum atomic E-state index is 9.33. The van der Waals surface area contributed by atoms with E-state index in [0.717, 1.165) is 6.42 Å². The average Bonchev–Trinajstić information content (AvgIpc) is 2.16. The molecule has 0 bridgehead atoms. The third kappa shape index (κ3) is 14.4. The Morgan fingerprint density at radius 3 is 2.00 bits per heavy atom. The zero-order chi connectivity index (χ0) is 11.6. The Labute approximate surface area is 86.5 Å². The minimum absolute atomic E-state index is 0.139. The van der Waals surface area contributed by atoms with Gasteiger partial charge in [-0.3, -0.25) is 0 Å². The standard InChI is InChI=1S/C7H16O2.C3H8O2/c1-4-7(3,8)6-9-5-2;1-3(5)2-4/h8H,4-6H2,1-3H3;3-5H,2H2,1H3. The van der Waals surface area contributed by atoms with Crippen LogP contribution in [0, 0.1) is 0 Å². The number of aliphatic hydroxyl groups is 3. The molecule has 0 heterocycles. The first-order chi connectivity index (χ1) is 6.39. The molecule has 0 spiro atoms. The maximum Gasteiger partial charge on any atom is 0.0849 e. The molecule has 0 saturated heterocycles. The molecule has 3 N–H and O–H groups in total. The van der Waals surface area contributed by atoms with E-state index in [2.05, 4.69) is 0 Å². The Morgan fingerprint density at radius 2 is 1.79 bits per heavy atom. The van der Waals surface area contributed by atoms with Crippen molar-refractivity contribution in [1.29, 1.82) is 0 Å². The summed E-state index contributed by atoms with van der Waals surface area (Å²) in [5, 5.41) is 25.3. The van der Waals surface area contributed by atoms with Gasteiger partial charge in [-0.1, -0.05) is 6.92 Å². The van der Waals surface area contributed by atoms with Crippen LogP contribution in [0.15, 0.2) is 0 Å². The van der Waals surface area contributed by atoms with Gasteiger partial charge in [-0.05, 0) is 27.2 Å². The van der Waals surface area contributed by atoms with Gasteiger partial charge in [-0.2, -0.15) is 0 Å². The second kappa shape index (κ2) is 9.40. The molecule has 0 aliphatic carbocycles. The third-order valence-corrected chi connectivity index (χ3v) is 1.64. The van der Waals surface area contributed by atoms with Crippen molar-refractivity contribution in [3.05, 3.63) is 0 Å². The molecule has 0 fully saturated rings. The number of ether oxygens (including phenoxy) is 1. The lowest BCUT2D eigenvalue weighted by molar-refractivity contribution is -0.0323. The Kier molecular flexibility index (Phi) is 10.9. The smallest absolute Gasteiger partial charge is 0.0849 e. The van der Waals surface area contributed by atoms with Crippen LogP contribution in [0.2, 0.25) is 0 Å². The maximum absolute atomic E-state index is 9.33. The highest BCUT2D eigenvalue weighted by Gasteiger charge is 2.16. The van der Waals surface area contributed by atoms with E-state index in [1.54, 1.807) is 6.92 Å². The molecule has 4 heteroatoms. The quantitative estimate of drug-likeness (QED) is 0.617. The van der Waals surface area contributed by atoms with Crippen molar-refractivity contribution in [1.82, 2.24) is 0 Å². The topological polar surface area (TPSA) is 69.9 Å². The summed E-state index contributed by atoms with van der Waals surface area (Å²) >= 11 is 0. The fourth-order valence-electron chi connectivity index (χ4n) is 0.424. The van der Waals surface area contributed by atoms with Gasteiger partial charge in [0.1, 0.15) is 0 Å². The summed E-state index contributed by atoms with van der Waals surface area (Å²) in [6.07, 6.45) is 0.183. The molecule has 0 aliphatic heterocycles. The molecule has 0 rings (SSSR count). The molecule has 0 aliphatic rings. The van der Waals surface area contributed by atoms with Gasteiger partial charge in [-0.15, -0.1) is 0 Å². The van der Waals surface area contributed by atoms with E-state index in [1.165, 1.54) is 6.92 Å². The highest BCUT2D eigenvalue weighted by atomic mass is 16.5. The minimum Gasteiger partial charge on any atom is -0.394 e. The first kappa shape index (κ1) is 16.3. The fourth-order valence-corrected chi connectivity index (χ4v) is 0.424. The molecular formula is C10H24O4. The predicted octanol–water partition coefficient (Wildman–Crippen LogP) is 0.543. The summed E-state index contributed by atoms with van der Waals surface area (Å²) < 4.78 is 5.04. The van der Waals surface area contributed by atoms with Gasteiger partial charge in [0.15, 0.2) is 0 Å². The monoisotopic (exact) mass is 208 g/mol. The molecule has 0 saturated carbocycles. The largest absolute Gasteiger partial charge is 0.394 e. The fraction of sp³-hybridized carbons (Fsp3) is 1.00. The molecule has 0 aromatic carbocycles. The Hall–Kier alpha value is -0.160. The van der Waals surface area contributed by atoms with Crippen LogP contribution >= 0.6 is 0 Å². The van der Waals surface area contributed by atoms with E-state index in [9.17, 15) is 5.11 Å². The van der Waals surface area contributed by atoms with E-state index < -0.39 is 11.7 Å². The number of aliphatic hydroxyl groups excluding tert-OH is 2. The summed E-state index contributed by atoms with van der Waals surface area (Å²) in [4.78, 5) is 0. The Bertz CT molecular complexity index is 113. The van der Waals surface area contributed by atoms with Gasteiger partial charge >= 0.3 is 0 Å². The molecule has 2 atom stereocenters. The zero-order valence-corrected chi connectivity index (χ0v) is 9.66. The lowest BCUT2D eigenvalue weighted by Crippen LogP contribution is -2.29. The number of rotatable bonds is 5. The molecule has 14 heavy (non-hydrogen) atoms. The van der Waals surface area contributed by atoms with Crippen molar-refractivity contribution in [2.45, 2.75) is 45.8 Å². The lowest BCUT2D eigenvalue weighted by atomic mass is 10.1. The van der Waals surface area contributed by atoms with E-state index in [4.69, 9.17) is 14.9 Å². The highest BCUT2D eigenvalue weighted by Crippen LogP contribution is 2.07. The first-order valence-corrected chi connectivity index (χ1v) is 4.98. The first-order valence-electron chi connectivity index (χ1n) is 4.98. The van der Waals surface area contributed by atoms with Crippen LogP contribution < -0.4 is 0 Å². The average molecular weight is 208 g/mol. The van der Waals surface area contributed by atoms with Gasteiger partial charge < -0.3 is 20.1 Å². The van der Waals surface area contributed by atoms with Crippen molar-refractivity contribution >= 4 is 0 Å². The molecule has 2 unspecified atom stereocenters. The van der Waals surface area contributed by atoms with Crippen LogP contribution in [0.25, 0.3) is 0 Å². The van der Waals surface area contributed by atoms with Gasteiger partial charge in [-0.25, -0.2) is 0 Å². The third-order valence-electron chi connectivity index (χ3n) is 1.64. The van der Waals surface area contributed by atoms with Gasteiger partial charge in [0, 0.05) is 6.61 Å². The molecule has 0 radical (unpaired) electrons. The van der Waals surface area contributed by atoms with Crippen LogP contribution in [0.4, 0.5) is 0 Å².